The van der Waals surface area contributed by atoms with Gasteiger partial charge in [0.15, 0.2) is 0 Å². The molecule has 1 saturated carbocycles. The van der Waals surface area contributed by atoms with Gasteiger partial charge in [0, 0.05) is 10.8 Å². The molecule has 2 atom stereocenters. The SMILES string of the molecule is O=C(NN=Cc1cccs1)[C@H]1C[C@@H]1c1ccccc1. The Balaban J connectivity index is 1.53. The van der Waals surface area contributed by atoms with Crippen LogP contribution in [0.5, 0.6) is 0 Å². The monoisotopic (exact) mass is 270 g/mol. The van der Waals surface area contributed by atoms with Gasteiger partial charge in [0.1, 0.15) is 0 Å². The van der Waals surface area contributed by atoms with Gasteiger partial charge >= 0.3 is 0 Å². The normalized spacial score (nSPS) is 21.5. The Kier molecular flexibility index (Phi) is 3.42. The van der Waals surface area contributed by atoms with Crippen molar-refractivity contribution in [3.8, 4) is 0 Å². The van der Waals surface area contributed by atoms with Crippen molar-refractivity contribution in [3.63, 3.8) is 0 Å². The van der Waals surface area contributed by atoms with Gasteiger partial charge in [-0.2, -0.15) is 5.10 Å². The second kappa shape index (κ2) is 5.36. The molecular weight excluding hydrogens is 256 g/mol. The number of thiophene rings is 1. The summed E-state index contributed by atoms with van der Waals surface area (Å²) in [6.45, 7) is 0. The van der Waals surface area contributed by atoms with Crippen molar-refractivity contribution in [2.24, 2.45) is 11.0 Å². The Morgan fingerprint density at radius 1 is 1.26 bits per heavy atom. The van der Waals surface area contributed by atoms with Crippen LogP contribution in [0.1, 0.15) is 22.8 Å². The lowest BCUT2D eigenvalue weighted by atomic mass is 10.1. The fraction of sp³-hybridized carbons (Fsp3) is 0.200. The highest BCUT2D eigenvalue weighted by molar-refractivity contribution is 7.11. The summed E-state index contributed by atoms with van der Waals surface area (Å²) in [4.78, 5) is 12.9. The summed E-state index contributed by atoms with van der Waals surface area (Å²) >= 11 is 1.60. The molecule has 1 aliphatic carbocycles. The lowest BCUT2D eigenvalue weighted by molar-refractivity contribution is -0.122. The van der Waals surface area contributed by atoms with E-state index in [1.807, 2.05) is 35.7 Å². The number of carbonyl (C=O) groups excluding carboxylic acids is 1. The van der Waals surface area contributed by atoms with Crippen LogP contribution in [0.2, 0.25) is 0 Å². The molecule has 0 aliphatic heterocycles. The number of benzene rings is 1. The third kappa shape index (κ3) is 2.90. The zero-order chi connectivity index (χ0) is 13.1. The molecule has 1 aromatic heterocycles. The van der Waals surface area contributed by atoms with Gasteiger partial charge in [-0.05, 0) is 29.3 Å². The van der Waals surface area contributed by atoms with Gasteiger partial charge < -0.3 is 0 Å². The van der Waals surface area contributed by atoms with E-state index in [4.69, 9.17) is 0 Å². The Morgan fingerprint density at radius 3 is 2.84 bits per heavy atom. The zero-order valence-electron chi connectivity index (χ0n) is 10.3. The molecule has 1 aromatic carbocycles. The predicted octanol–water partition coefficient (Wildman–Crippen LogP) is 3.00. The minimum absolute atomic E-state index is 0.0154. The van der Waals surface area contributed by atoms with Crippen molar-refractivity contribution in [1.29, 1.82) is 0 Å². The van der Waals surface area contributed by atoms with E-state index in [1.54, 1.807) is 17.6 Å². The first kappa shape index (κ1) is 12.1. The van der Waals surface area contributed by atoms with Crippen LogP contribution < -0.4 is 5.43 Å². The number of amides is 1. The fourth-order valence-corrected chi connectivity index (χ4v) is 2.75. The van der Waals surface area contributed by atoms with E-state index >= 15 is 0 Å². The molecule has 2 aromatic rings. The van der Waals surface area contributed by atoms with Crippen LogP contribution >= 0.6 is 11.3 Å². The van der Waals surface area contributed by atoms with Crippen molar-refractivity contribution < 1.29 is 4.79 Å². The molecule has 96 valence electrons. The molecule has 1 aliphatic rings. The molecule has 0 bridgehead atoms. The smallest absolute Gasteiger partial charge is 0.243 e. The first-order valence-corrected chi connectivity index (χ1v) is 7.14. The van der Waals surface area contributed by atoms with E-state index < -0.39 is 0 Å². The van der Waals surface area contributed by atoms with Crippen LogP contribution in [0.25, 0.3) is 0 Å². The van der Waals surface area contributed by atoms with Gasteiger partial charge in [-0.3, -0.25) is 4.79 Å². The summed E-state index contributed by atoms with van der Waals surface area (Å²) in [6.07, 6.45) is 2.60. The first-order valence-electron chi connectivity index (χ1n) is 6.26. The predicted molar refractivity (Wildman–Crippen MR) is 77.3 cm³/mol. The molecule has 3 nitrogen and oxygen atoms in total. The summed E-state index contributed by atoms with van der Waals surface area (Å²) < 4.78 is 0. The van der Waals surface area contributed by atoms with Crippen LogP contribution in [0.15, 0.2) is 52.9 Å². The van der Waals surface area contributed by atoms with Gasteiger partial charge in [0.2, 0.25) is 5.91 Å². The topological polar surface area (TPSA) is 41.5 Å². The maximum atomic E-state index is 11.9. The van der Waals surface area contributed by atoms with E-state index in [9.17, 15) is 4.79 Å². The molecular formula is C15H14N2OS. The summed E-state index contributed by atoms with van der Waals surface area (Å²) in [6, 6.07) is 14.1. The van der Waals surface area contributed by atoms with E-state index in [0.717, 1.165) is 11.3 Å². The molecule has 4 heteroatoms. The molecule has 19 heavy (non-hydrogen) atoms. The number of hydrogen-bond donors (Lipinski definition) is 1. The van der Waals surface area contributed by atoms with Crippen molar-refractivity contribution in [2.45, 2.75) is 12.3 Å². The lowest BCUT2D eigenvalue weighted by Gasteiger charge is -1.99. The molecule has 0 unspecified atom stereocenters. The van der Waals surface area contributed by atoms with E-state index in [1.165, 1.54) is 5.56 Å². The van der Waals surface area contributed by atoms with Gasteiger partial charge in [-0.25, -0.2) is 5.43 Å². The number of hydrazone groups is 1. The average Bonchev–Trinajstić information content (AvgIpc) is 3.09. The number of rotatable bonds is 4. The summed E-state index contributed by atoms with van der Waals surface area (Å²) in [5.74, 6) is 0.447. The van der Waals surface area contributed by atoms with Crippen molar-refractivity contribution >= 4 is 23.5 Å². The molecule has 1 fully saturated rings. The highest BCUT2D eigenvalue weighted by Crippen LogP contribution is 2.47. The second-order valence-electron chi connectivity index (χ2n) is 4.61. The van der Waals surface area contributed by atoms with Crippen molar-refractivity contribution in [3.05, 3.63) is 58.3 Å². The number of nitrogens with zero attached hydrogens (tertiary/aromatic N) is 1. The molecule has 1 N–H and O–H groups in total. The Labute approximate surface area is 116 Å². The van der Waals surface area contributed by atoms with Crippen molar-refractivity contribution in [1.82, 2.24) is 5.43 Å². The minimum Gasteiger partial charge on any atom is -0.273 e. The van der Waals surface area contributed by atoms with Crippen LogP contribution in [-0.2, 0) is 4.79 Å². The van der Waals surface area contributed by atoms with Gasteiger partial charge in [-0.15, -0.1) is 11.3 Å². The van der Waals surface area contributed by atoms with E-state index in [0.29, 0.717) is 5.92 Å². The maximum absolute atomic E-state index is 11.9. The summed E-state index contributed by atoms with van der Waals surface area (Å²) in [5.41, 5.74) is 3.86. The first-order chi connectivity index (χ1) is 9.34. The average molecular weight is 270 g/mol. The van der Waals surface area contributed by atoms with Gasteiger partial charge in [-0.1, -0.05) is 36.4 Å². The molecule has 0 spiro atoms. The van der Waals surface area contributed by atoms with Gasteiger partial charge in [0.05, 0.1) is 6.21 Å². The molecule has 1 amide bonds. The Bertz CT molecular complexity index is 577. The largest absolute Gasteiger partial charge is 0.273 e. The maximum Gasteiger partial charge on any atom is 0.243 e. The third-order valence-corrected chi connectivity index (χ3v) is 4.07. The number of nitrogens with one attached hydrogen (secondary N) is 1. The number of carbonyl (C=O) groups is 1. The Hall–Kier alpha value is -1.94. The minimum atomic E-state index is 0.0154. The van der Waals surface area contributed by atoms with Crippen molar-refractivity contribution in [2.75, 3.05) is 0 Å². The lowest BCUT2D eigenvalue weighted by Crippen LogP contribution is -2.19. The third-order valence-electron chi connectivity index (χ3n) is 3.26. The van der Waals surface area contributed by atoms with Crippen LogP contribution in [0.4, 0.5) is 0 Å². The highest BCUT2D eigenvalue weighted by atomic mass is 32.1. The zero-order valence-corrected chi connectivity index (χ0v) is 11.1. The second-order valence-corrected chi connectivity index (χ2v) is 5.59. The quantitative estimate of drug-likeness (QED) is 0.673. The molecule has 3 rings (SSSR count). The summed E-state index contributed by atoms with van der Waals surface area (Å²) in [7, 11) is 0. The number of hydrogen-bond acceptors (Lipinski definition) is 3. The highest BCUT2D eigenvalue weighted by Gasteiger charge is 2.43. The van der Waals surface area contributed by atoms with Crippen LogP contribution in [0.3, 0.4) is 0 Å². The van der Waals surface area contributed by atoms with Crippen LogP contribution in [-0.4, -0.2) is 12.1 Å². The molecule has 0 radical (unpaired) electrons. The van der Waals surface area contributed by atoms with Crippen LogP contribution in [0, 0.1) is 5.92 Å². The molecule has 0 saturated heterocycles. The van der Waals surface area contributed by atoms with E-state index in [2.05, 4.69) is 22.7 Å². The molecule has 1 heterocycles. The standard InChI is InChI=1S/C15H14N2OS/c18-15(17-16-10-12-7-4-8-19-12)14-9-13(14)11-5-2-1-3-6-11/h1-8,10,13-14H,9H2,(H,17,18)/t13-,14+/m1/s1. The Morgan fingerprint density at radius 2 is 2.11 bits per heavy atom. The fourth-order valence-electron chi connectivity index (χ4n) is 2.16. The van der Waals surface area contributed by atoms with Gasteiger partial charge in [0.25, 0.3) is 0 Å². The van der Waals surface area contributed by atoms with E-state index in [-0.39, 0.29) is 11.8 Å². The summed E-state index contributed by atoms with van der Waals surface area (Å²) in [5, 5.41) is 5.97.